The zero-order valence-corrected chi connectivity index (χ0v) is 18.3. The fourth-order valence-electron chi connectivity index (χ4n) is 0. The van der Waals surface area contributed by atoms with Crippen LogP contribution >= 0.6 is 0 Å². The van der Waals surface area contributed by atoms with Gasteiger partial charge in [0.25, 0.3) is 0 Å². The second-order valence-electron chi connectivity index (χ2n) is 2.98. The van der Waals surface area contributed by atoms with E-state index in [2.05, 4.69) is 0 Å². The number of rotatable bonds is 3. The van der Waals surface area contributed by atoms with E-state index in [1.54, 1.807) is 20.8 Å². The Morgan fingerprint density at radius 1 is 0.391 bits per heavy atom. The van der Waals surface area contributed by atoms with E-state index in [-0.39, 0.29) is 74.4 Å². The van der Waals surface area contributed by atoms with Gasteiger partial charge in [0.1, 0.15) is 0 Å². The summed E-state index contributed by atoms with van der Waals surface area (Å²) in [6.07, 6.45) is 2.29. The molecule has 0 saturated carbocycles. The van der Waals surface area contributed by atoms with Crippen molar-refractivity contribution in [2.75, 3.05) is 39.6 Å². The Labute approximate surface area is 165 Å². The molecule has 8 heteroatoms. The zero-order chi connectivity index (χ0) is 18.4. The van der Waals surface area contributed by atoms with Crippen LogP contribution in [0.15, 0.2) is 0 Å². The van der Waals surface area contributed by atoms with Crippen LogP contribution < -0.4 is 30.6 Å². The van der Waals surface area contributed by atoms with E-state index < -0.39 is 0 Å². The van der Waals surface area contributed by atoms with Gasteiger partial charge in [-0.1, -0.05) is 60.8 Å². The molecule has 0 saturated heterocycles. The van der Waals surface area contributed by atoms with Crippen molar-refractivity contribution >= 4 is 34.7 Å². The van der Waals surface area contributed by atoms with E-state index >= 15 is 0 Å². The molecule has 0 radical (unpaired) electrons. The monoisotopic (exact) mass is 366 g/mol. The molecule has 6 nitrogen and oxygen atoms in total. The van der Waals surface area contributed by atoms with Crippen molar-refractivity contribution in [1.29, 1.82) is 0 Å². The van der Waals surface area contributed by atoms with Gasteiger partial charge < -0.3 is 30.6 Å². The summed E-state index contributed by atoms with van der Waals surface area (Å²) in [6, 6.07) is 0. The van der Waals surface area contributed by atoms with Crippen LogP contribution in [0.2, 0.25) is 0 Å². The van der Waals surface area contributed by atoms with Gasteiger partial charge >= 0.3 is 34.7 Å². The minimum atomic E-state index is 0. The van der Waals surface area contributed by atoms with Crippen LogP contribution in [0.1, 0.15) is 60.8 Å². The molecule has 0 aromatic carbocycles. The molecule has 0 heterocycles. The van der Waals surface area contributed by atoms with Crippen molar-refractivity contribution in [2.45, 2.75) is 60.8 Å². The predicted molar refractivity (Wildman–Crippen MR) is 88.6 cm³/mol. The zero-order valence-electron chi connectivity index (χ0n) is 16.0. The molecule has 0 rings (SSSR count). The Hall–Kier alpha value is 0.825. The summed E-state index contributed by atoms with van der Waals surface area (Å²) in [5, 5.41) is 54.7. The van der Waals surface area contributed by atoms with Gasteiger partial charge in [0.05, 0.1) is 0 Å². The third kappa shape index (κ3) is 677. The van der Waals surface area contributed by atoms with E-state index in [0.717, 1.165) is 19.3 Å². The third-order valence-electron chi connectivity index (χ3n) is 0.612. The molecule has 0 unspecified atom stereocenters. The van der Waals surface area contributed by atoms with Crippen LogP contribution in [0.4, 0.5) is 0 Å². The molecule has 0 aliphatic rings. The molecule has 138 valence electrons. The summed E-state index contributed by atoms with van der Waals surface area (Å²) in [5.41, 5.74) is 0. The van der Waals surface area contributed by atoms with Crippen molar-refractivity contribution in [3.05, 3.63) is 0 Å². The van der Waals surface area contributed by atoms with Gasteiger partial charge in [-0.3, -0.25) is 0 Å². The first kappa shape index (κ1) is 49.6. The largest absolute Gasteiger partial charge is 3.00 e. The maximum atomic E-state index is 9.30. The van der Waals surface area contributed by atoms with Crippen molar-refractivity contribution in [3.63, 3.8) is 0 Å². The topological polar surface area (TPSA) is 138 Å². The molecule has 0 fully saturated rings. The van der Waals surface area contributed by atoms with Gasteiger partial charge in [-0.2, -0.15) is 0 Å². The van der Waals surface area contributed by atoms with Crippen LogP contribution in [0.5, 0.6) is 0 Å². The van der Waals surface area contributed by atoms with Gasteiger partial charge in [-0.15, -0.1) is 39.6 Å². The van der Waals surface area contributed by atoms with Gasteiger partial charge in [0.15, 0.2) is 0 Å². The summed E-state index contributed by atoms with van der Waals surface area (Å²) in [7, 11) is 0. The summed E-state index contributed by atoms with van der Waals surface area (Å²) >= 11 is 0. The fraction of sp³-hybridized carbons (Fsp3) is 1.00. The molecule has 0 spiro atoms. The van der Waals surface area contributed by atoms with Crippen LogP contribution in [0, 0.1) is 0 Å². The van der Waals surface area contributed by atoms with Gasteiger partial charge in [0.2, 0.25) is 0 Å². The smallest absolute Gasteiger partial charge is 0.855 e. The molecule has 0 bridgehead atoms. The average molecular weight is 366 g/mol. The Bertz CT molecular complexity index is 64.7. The second-order valence-corrected chi connectivity index (χ2v) is 2.98. The van der Waals surface area contributed by atoms with E-state index in [9.17, 15) is 15.3 Å². The summed E-state index contributed by atoms with van der Waals surface area (Å²) in [4.78, 5) is 0. The minimum absolute atomic E-state index is 0. The summed E-state index contributed by atoms with van der Waals surface area (Å²) in [5.74, 6) is 0. The molecule has 0 N–H and O–H groups in total. The predicted octanol–water partition coefficient (Wildman–Crippen LogP) is -3.39. The number of hydrogen-bond acceptors (Lipinski definition) is 6. The Balaban J connectivity index is -0.0000000193. The minimum Gasteiger partial charge on any atom is -0.855 e. The standard InChI is InChI=1S/3C3H7O.3C2H5O.2Al/c3*1-2-3-4;3*1-2-3;;/h3*2-3H2,1H3;3*2H2,1H3;;/q6*-1;2*+3. The maximum Gasteiger partial charge on any atom is 3.00 e. The second kappa shape index (κ2) is 113. The molecule has 23 heavy (non-hydrogen) atoms. The third-order valence-corrected chi connectivity index (χ3v) is 0.612. The summed E-state index contributed by atoms with van der Waals surface area (Å²) in [6.45, 7) is 10.5. The maximum absolute atomic E-state index is 9.30. The normalized spacial score (nSPS) is 6.26. The SMILES string of the molecule is CCC[O-].CCC[O-].CCC[O-].CC[O-].CC[O-].CC[O-].[Al+3].[Al+3]. The van der Waals surface area contributed by atoms with E-state index in [4.69, 9.17) is 15.3 Å². The Morgan fingerprint density at radius 3 is 0.435 bits per heavy atom. The van der Waals surface area contributed by atoms with Crippen LogP contribution in [-0.2, 0) is 0 Å². The molecular formula is C15H36Al2O6. The summed E-state index contributed by atoms with van der Waals surface area (Å²) < 4.78 is 0. The Morgan fingerprint density at radius 2 is 0.435 bits per heavy atom. The van der Waals surface area contributed by atoms with Crippen molar-refractivity contribution in [2.24, 2.45) is 0 Å². The molecule has 0 aromatic heterocycles. The van der Waals surface area contributed by atoms with Crippen molar-refractivity contribution < 1.29 is 30.6 Å². The Kier molecular flexibility index (Phi) is 243. The molecule has 0 amide bonds. The van der Waals surface area contributed by atoms with Crippen LogP contribution in [-0.4, -0.2) is 74.4 Å². The first-order chi connectivity index (χ1) is 9.99. The molecule has 0 aromatic rings. The average Bonchev–Trinajstić information content (AvgIpc) is 2.50. The first-order valence-corrected chi connectivity index (χ1v) is 7.47. The molecule has 0 aliphatic heterocycles. The number of hydrogen-bond donors (Lipinski definition) is 0. The first-order valence-electron chi connectivity index (χ1n) is 7.47. The quantitative estimate of drug-likeness (QED) is 0.477. The molecule has 0 atom stereocenters. The fourth-order valence-corrected chi connectivity index (χ4v) is 0. The van der Waals surface area contributed by atoms with E-state index in [0.29, 0.717) is 0 Å². The van der Waals surface area contributed by atoms with Crippen LogP contribution in [0.25, 0.3) is 0 Å². The molecular weight excluding hydrogens is 330 g/mol. The van der Waals surface area contributed by atoms with Gasteiger partial charge in [-0.25, -0.2) is 0 Å². The van der Waals surface area contributed by atoms with E-state index in [1.807, 2.05) is 20.8 Å². The van der Waals surface area contributed by atoms with E-state index in [1.165, 1.54) is 0 Å². The van der Waals surface area contributed by atoms with Crippen molar-refractivity contribution in [1.82, 2.24) is 0 Å². The van der Waals surface area contributed by atoms with Gasteiger partial charge in [-0.05, 0) is 0 Å². The van der Waals surface area contributed by atoms with Crippen LogP contribution in [0.3, 0.4) is 0 Å². The van der Waals surface area contributed by atoms with Crippen molar-refractivity contribution in [3.8, 4) is 0 Å². The van der Waals surface area contributed by atoms with Gasteiger partial charge in [0, 0.05) is 0 Å². The molecule has 0 aliphatic carbocycles.